The molecule has 0 unspecified atom stereocenters. The highest BCUT2D eigenvalue weighted by Gasteiger charge is 2.15. The number of aromatic nitrogens is 1. The quantitative estimate of drug-likeness (QED) is 0.405. The molecule has 7 nitrogen and oxygen atoms in total. The van der Waals surface area contributed by atoms with Gasteiger partial charge in [0, 0.05) is 18.3 Å². The van der Waals surface area contributed by atoms with Crippen molar-refractivity contribution in [3.63, 3.8) is 0 Å². The van der Waals surface area contributed by atoms with E-state index in [-0.39, 0.29) is 5.69 Å². The topological polar surface area (TPSA) is 86.5 Å². The van der Waals surface area contributed by atoms with Crippen molar-refractivity contribution in [1.29, 1.82) is 0 Å². The van der Waals surface area contributed by atoms with Gasteiger partial charge in [0.25, 0.3) is 5.69 Å². The van der Waals surface area contributed by atoms with Crippen molar-refractivity contribution in [2.45, 2.75) is 13.8 Å². The molecule has 30 heavy (non-hydrogen) atoms. The first kappa shape index (κ1) is 20.9. The number of allylic oxidation sites excluding steroid dienone is 1. The number of nitro benzene ring substituents is 1. The predicted octanol–water partition coefficient (Wildman–Crippen LogP) is 5.62. The van der Waals surface area contributed by atoms with Crippen LogP contribution in [0.3, 0.4) is 0 Å². The number of nitro groups is 1. The van der Waals surface area contributed by atoms with Gasteiger partial charge in [-0.1, -0.05) is 12.1 Å². The molecular formula is C23H23N3O4. The van der Waals surface area contributed by atoms with Gasteiger partial charge < -0.3 is 14.8 Å². The second-order valence-corrected chi connectivity index (χ2v) is 6.76. The van der Waals surface area contributed by atoms with Gasteiger partial charge in [-0.15, -0.1) is 0 Å². The Kier molecular flexibility index (Phi) is 6.32. The second-order valence-electron chi connectivity index (χ2n) is 6.76. The van der Waals surface area contributed by atoms with Gasteiger partial charge in [0.1, 0.15) is 23.0 Å². The third kappa shape index (κ3) is 4.75. The van der Waals surface area contributed by atoms with Crippen LogP contribution in [0.25, 0.3) is 11.6 Å². The van der Waals surface area contributed by atoms with Gasteiger partial charge in [-0.25, -0.2) is 4.98 Å². The molecule has 7 heteroatoms. The molecule has 1 heterocycles. The third-order valence-corrected chi connectivity index (χ3v) is 4.68. The number of nitrogens with one attached hydrogen (secondary N) is 1. The van der Waals surface area contributed by atoms with Crippen molar-refractivity contribution < 1.29 is 14.4 Å². The Morgan fingerprint density at radius 2 is 1.80 bits per heavy atom. The summed E-state index contributed by atoms with van der Waals surface area (Å²) in [6.07, 6.45) is 3.72. The first-order valence-corrected chi connectivity index (χ1v) is 9.30. The molecule has 0 saturated heterocycles. The van der Waals surface area contributed by atoms with Gasteiger partial charge in [0.05, 0.1) is 19.1 Å². The van der Waals surface area contributed by atoms with E-state index >= 15 is 0 Å². The fourth-order valence-corrected chi connectivity index (χ4v) is 3.03. The Hall–Kier alpha value is -3.87. The summed E-state index contributed by atoms with van der Waals surface area (Å²) in [6.45, 7) is 3.81. The summed E-state index contributed by atoms with van der Waals surface area (Å²) >= 11 is 0. The van der Waals surface area contributed by atoms with Crippen LogP contribution in [0.5, 0.6) is 11.5 Å². The number of benzene rings is 2. The van der Waals surface area contributed by atoms with E-state index in [9.17, 15) is 10.1 Å². The number of pyridine rings is 1. The molecule has 3 rings (SSSR count). The summed E-state index contributed by atoms with van der Waals surface area (Å²) in [5.74, 6) is 1.97. The van der Waals surface area contributed by atoms with E-state index in [4.69, 9.17) is 9.47 Å². The largest absolute Gasteiger partial charge is 0.497 e. The maximum Gasteiger partial charge on any atom is 0.292 e. The maximum atomic E-state index is 11.3. The number of nitrogens with zero attached hydrogens (tertiary/aromatic N) is 2. The first-order chi connectivity index (χ1) is 14.4. The standard InChI is InChI=1S/C23H23N3O4/c1-15-6-5-7-21(26(27)28)23(15)25-22-9-8-17(14-24-22)10-16(2)18-11-19(29-3)13-20(12-18)30-4/h5-14H,1-4H3,(H,24,25)/b16-10+. The van der Waals surface area contributed by atoms with Crippen molar-refractivity contribution in [3.05, 3.63) is 81.5 Å². The Balaban J connectivity index is 1.84. The Morgan fingerprint density at radius 3 is 2.37 bits per heavy atom. The molecule has 0 amide bonds. The fraction of sp³-hybridized carbons (Fsp3) is 0.174. The van der Waals surface area contributed by atoms with Crippen LogP contribution in [0.2, 0.25) is 0 Å². The van der Waals surface area contributed by atoms with Crippen LogP contribution in [-0.2, 0) is 0 Å². The minimum Gasteiger partial charge on any atom is -0.497 e. The zero-order chi connectivity index (χ0) is 21.7. The smallest absolute Gasteiger partial charge is 0.292 e. The lowest BCUT2D eigenvalue weighted by Crippen LogP contribution is -2.00. The van der Waals surface area contributed by atoms with Crippen LogP contribution in [0.15, 0.2) is 54.7 Å². The van der Waals surface area contributed by atoms with Gasteiger partial charge in [-0.3, -0.25) is 10.1 Å². The normalized spacial score (nSPS) is 11.1. The molecule has 0 aliphatic heterocycles. The zero-order valence-corrected chi connectivity index (χ0v) is 17.3. The predicted molar refractivity (Wildman–Crippen MR) is 118 cm³/mol. The number of para-hydroxylation sites is 1. The number of methoxy groups -OCH3 is 2. The van der Waals surface area contributed by atoms with Crippen LogP contribution in [0.4, 0.5) is 17.2 Å². The van der Waals surface area contributed by atoms with Gasteiger partial charge in [0.2, 0.25) is 0 Å². The monoisotopic (exact) mass is 405 g/mol. The van der Waals surface area contributed by atoms with Gasteiger partial charge >= 0.3 is 0 Å². The molecule has 154 valence electrons. The summed E-state index contributed by atoms with van der Waals surface area (Å²) in [4.78, 5) is 15.3. The van der Waals surface area contributed by atoms with Crippen molar-refractivity contribution >= 4 is 28.8 Å². The molecule has 2 aromatic carbocycles. The minimum atomic E-state index is -0.405. The van der Waals surface area contributed by atoms with Crippen LogP contribution >= 0.6 is 0 Å². The first-order valence-electron chi connectivity index (χ1n) is 9.30. The van der Waals surface area contributed by atoms with E-state index in [1.54, 1.807) is 32.5 Å². The molecule has 0 saturated carbocycles. The van der Waals surface area contributed by atoms with E-state index in [0.29, 0.717) is 11.5 Å². The second kappa shape index (κ2) is 9.09. The molecule has 0 atom stereocenters. The lowest BCUT2D eigenvalue weighted by Gasteiger charge is -2.10. The van der Waals surface area contributed by atoms with Crippen molar-refractivity contribution in [2.24, 2.45) is 0 Å². The SMILES string of the molecule is COc1cc(OC)cc(/C(C)=C/c2ccc(Nc3c(C)cccc3[N+](=O)[O-])nc2)c1. The molecule has 0 fully saturated rings. The number of anilines is 2. The summed E-state index contributed by atoms with van der Waals surface area (Å²) in [6, 6.07) is 14.3. The molecule has 0 bridgehead atoms. The van der Waals surface area contributed by atoms with E-state index in [2.05, 4.69) is 10.3 Å². The minimum absolute atomic E-state index is 0.0172. The molecule has 1 aromatic heterocycles. The average molecular weight is 405 g/mol. The van der Waals surface area contributed by atoms with Gasteiger partial charge in [-0.2, -0.15) is 0 Å². The van der Waals surface area contributed by atoms with Crippen molar-refractivity contribution in [3.8, 4) is 11.5 Å². The highest BCUT2D eigenvalue weighted by molar-refractivity contribution is 5.81. The lowest BCUT2D eigenvalue weighted by atomic mass is 10.0. The highest BCUT2D eigenvalue weighted by atomic mass is 16.6. The van der Waals surface area contributed by atoms with E-state index in [0.717, 1.165) is 33.8 Å². The summed E-state index contributed by atoms with van der Waals surface area (Å²) in [7, 11) is 3.23. The zero-order valence-electron chi connectivity index (χ0n) is 17.3. The Morgan fingerprint density at radius 1 is 1.10 bits per heavy atom. The summed E-state index contributed by atoms with van der Waals surface area (Å²) < 4.78 is 10.7. The number of hydrogen-bond donors (Lipinski definition) is 1. The summed E-state index contributed by atoms with van der Waals surface area (Å²) in [5.41, 5.74) is 4.13. The van der Waals surface area contributed by atoms with Crippen molar-refractivity contribution in [2.75, 3.05) is 19.5 Å². The molecule has 1 N–H and O–H groups in total. The molecule has 0 aliphatic rings. The van der Waals surface area contributed by atoms with Crippen LogP contribution in [0, 0.1) is 17.0 Å². The van der Waals surface area contributed by atoms with Gasteiger partial charge in [-0.05, 0) is 66.5 Å². The Labute approximate surface area is 175 Å². The molecule has 3 aromatic rings. The van der Waals surface area contributed by atoms with Crippen LogP contribution < -0.4 is 14.8 Å². The molecule has 0 radical (unpaired) electrons. The molecular weight excluding hydrogens is 382 g/mol. The molecule has 0 aliphatic carbocycles. The van der Waals surface area contributed by atoms with Crippen LogP contribution in [-0.4, -0.2) is 24.1 Å². The fourth-order valence-electron chi connectivity index (χ4n) is 3.03. The van der Waals surface area contributed by atoms with Gasteiger partial charge in [0.15, 0.2) is 0 Å². The lowest BCUT2D eigenvalue weighted by molar-refractivity contribution is -0.384. The third-order valence-electron chi connectivity index (χ3n) is 4.68. The van der Waals surface area contributed by atoms with Crippen molar-refractivity contribution in [1.82, 2.24) is 4.98 Å². The average Bonchev–Trinajstić information content (AvgIpc) is 2.75. The molecule has 0 spiro atoms. The number of hydrogen-bond acceptors (Lipinski definition) is 6. The maximum absolute atomic E-state index is 11.3. The Bertz CT molecular complexity index is 1070. The van der Waals surface area contributed by atoms with E-state index in [1.807, 2.05) is 50.3 Å². The number of rotatable bonds is 7. The summed E-state index contributed by atoms with van der Waals surface area (Å²) in [5, 5.41) is 14.3. The van der Waals surface area contributed by atoms with E-state index < -0.39 is 4.92 Å². The number of ether oxygens (including phenoxy) is 2. The van der Waals surface area contributed by atoms with E-state index in [1.165, 1.54) is 6.07 Å². The van der Waals surface area contributed by atoms with Crippen LogP contribution in [0.1, 0.15) is 23.6 Å². The highest BCUT2D eigenvalue weighted by Crippen LogP contribution is 2.31. The number of aryl methyl sites for hydroxylation is 1.